The largest absolute Gasteiger partial charge is 0.490 e. The van der Waals surface area contributed by atoms with E-state index in [0.29, 0.717) is 30.6 Å². The van der Waals surface area contributed by atoms with Gasteiger partial charge < -0.3 is 20.5 Å². The molecule has 3 N–H and O–H groups in total. The van der Waals surface area contributed by atoms with Crippen LogP contribution in [-0.2, 0) is 11.2 Å². The number of nitrogens with one attached hydrogen (secondary N) is 2. The molecular formula is C16H21FN2O3. The Hall–Kier alpha value is -1.66. The molecule has 1 fully saturated rings. The van der Waals surface area contributed by atoms with E-state index in [1.165, 1.54) is 6.07 Å². The van der Waals surface area contributed by atoms with E-state index in [2.05, 4.69) is 10.6 Å². The summed E-state index contributed by atoms with van der Waals surface area (Å²) in [6, 6.07) is 2.86. The summed E-state index contributed by atoms with van der Waals surface area (Å²) in [5.74, 6) is -0.0220. The monoisotopic (exact) mass is 308 g/mol. The Labute approximate surface area is 128 Å². The van der Waals surface area contributed by atoms with Crippen LogP contribution in [0.25, 0.3) is 0 Å². The Morgan fingerprint density at radius 1 is 1.45 bits per heavy atom. The molecule has 0 bridgehead atoms. The van der Waals surface area contributed by atoms with Gasteiger partial charge >= 0.3 is 0 Å². The van der Waals surface area contributed by atoms with E-state index in [0.717, 1.165) is 13.1 Å². The minimum atomic E-state index is -0.884. The average Bonchev–Trinajstić information content (AvgIpc) is 2.50. The summed E-state index contributed by atoms with van der Waals surface area (Å²) in [4.78, 5) is 11.4. The standard InChI is InChI=1S/C16H21FN2O3/c1-10-8-18-7-6-16(10,21)9-22-13-4-3-12(17)15-11(13)2-5-14(20)19-15/h3-4,10,18,21H,2,5-9H2,1H3,(H,19,20)/t10-,16+/m0/s1. The SMILES string of the molecule is C[C@H]1CNCC[C@@]1(O)COc1ccc(F)c2c1CCC(=O)N2. The zero-order valence-corrected chi connectivity index (χ0v) is 12.6. The number of benzene rings is 1. The lowest BCUT2D eigenvalue weighted by molar-refractivity contribution is -0.116. The first-order valence-corrected chi connectivity index (χ1v) is 7.67. The summed E-state index contributed by atoms with van der Waals surface area (Å²) in [5, 5.41) is 16.5. The van der Waals surface area contributed by atoms with E-state index in [4.69, 9.17) is 4.74 Å². The fourth-order valence-electron chi connectivity index (χ4n) is 3.04. The number of amides is 1. The smallest absolute Gasteiger partial charge is 0.224 e. The predicted molar refractivity (Wildman–Crippen MR) is 80.4 cm³/mol. The maximum Gasteiger partial charge on any atom is 0.224 e. The summed E-state index contributed by atoms with van der Waals surface area (Å²) >= 11 is 0. The molecule has 0 aromatic heterocycles. The number of piperidine rings is 1. The van der Waals surface area contributed by atoms with E-state index < -0.39 is 11.4 Å². The summed E-state index contributed by atoms with van der Waals surface area (Å²) in [6.45, 7) is 3.65. The summed E-state index contributed by atoms with van der Waals surface area (Å²) in [5.41, 5.74) is -0.00589. The second-order valence-corrected chi connectivity index (χ2v) is 6.19. The van der Waals surface area contributed by atoms with E-state index in [1.807, 2.05) is 6.92 Å². The minimum Gasteiger partial charge on any atom is -0.490 e. The molecule has 1 aromatic carbocycles. The highest BCUT2D eigenvalue weighted by Crippen LogP contribution is 2.34. The molecule has 1 aromatic rings. The molecule has 2 aliphatic heterocycles. The van der Waals surface area contributed by atoms with Crippen LogP contribution < -0.4 is 15.4 Å². The molecule has 2 aliphatic rings. The molecule has 6 heteroatoms. The predicted octanol–water partition coefficient (Wildman–Crippen LogP) is 1.45. The van der Waals surface area contributed by atoms with Crippen molar-refractivity contribution in [1.82, 2.24) is 5.32 Å². The minimum absolute atomic E-state index is 0.0808. The Morgan fingerprint density at radius 2 is 2.27 bits per heavy atom. The number of aliphatic hydroxyl groups is 1. The highest BCUT2D eigenvalue weighted by Gasteiger charge is 2.37. The van der Waals surface area contributed by atoms with Crippen molar-refractivity contribution in [2.75, 3.05) is 25.0 Å². The van der Waals surface area contributed by atoms with Gasteiger partial charge in [-0.05, 0) is 31.5 Å². The van der Waals surface area contributed by atoms with Crippen molar-refractivity contribution in [1.29, 1.82) is 0 Å². The molecule has 5 nitrogen and oxygen atoms in total. The van der Waals surface area contributed by atoms with Gasteiger partial charge in [-0.15, -0.1) is 0 Å². The molecule has 0 radical (unpaired) electrons. The number of hydrogen-bond donors (Lipinski definition) is 3. The summed E-state index contributed by atoms with van der Waals surface area (Å²) in [7, 11) is 0. The average molecular weight is 308 g/mol. The van der Waals surface area contributed by atoms with Crippen LogP contribution in [0.5, 0.6) is 5.75 Å². The molecule has 1 saturated heterocycles. The van der Waals surface area contributed by atoms with Crippen molar-refractivity contribution >= 4 is 11.6 Å². The number of ether oxygens (including phenoxy) is 1. The third-order valence-electron chi connectivity index (χ3n) is 4.67. The van der Waals surface area contributed by atoms with Crippen molar-refractivity contribution in [3.63, 3.8) is 0 Å². The molecule has 0 spiro atoms. The van der Waals surface area contributed by atoms with Gasteiger partial charge in [0, 0.05) is 24.4 Å². The van der Waals surface area contributed by atoms with Crippen molar-refractivity contribution < 1.29 is 19.0 Å². The van der Waals surface area contributed by atoms with Crippen LogP contribution in [0.2, 0.25) is 0 Å². The summed E-state index contributed by atoms with van der Waals surface area (Å²) in [6.07, 6.45) is 1.38. The van der Waals surface area contributed by atoms with Crippen LogP contribution in [0.15, 0.2) is 12.1 Å². The molecule has 22 heavy (non-hydrogen) atoms. The number of carbonyl (C=O) groups excluding carboxylic acids is 1. The van der Waals surface area contributed by atoms with E-state index in [1.54, 1.807) is 6.07 Å². The molecule has 2 heterocycles. The van der Waals surface area contributed by atoms with Gasteiger partial charge in [0.1, 0.15) is 23.8 Å². The zero-order valence-electron chi connectivity index (χ0n) is 12.6. The van der Waals surface area contributed by atoms with Crippen molar-refractivity contribution in [3.8, 4) is 5.75 Å². The van der Waals surface area contributed by atoms with Crippen LogP contribution >= 0.6 is 0 Å². The van der Waals surface area contributed by atoms with Gasteiger partial charge in [-0.3, -0.25) is 4.79 Å². The molecule has 1 amide bonds. The molecule has 120 valence electrons. The number of rotatable bonds is 3. The molecule has 0 saturated carbocycles. The third kappa shape index (κ3) is 2.80. The normalized spacial score (nSPS) is 28.0. The highest BCUT2D eigenvalue weighted by molar-refractivity contribution is 5.94. The van der Waals surface area contributed by atoms with E-state index in [9.17, 15) is 14.3 Å². The van der Waals surface area contributed by atoms with E-state index >= 15 is 0 Å². The van der Waals surface area contributed by atoms with Gasteiger partial charge in [-0.2, -0.15) is 0 Å². The fraction of sp³-hybridized carbons (Fsp3) is 0.562. The van der Waals surface area contributed by atoms with Gasteiger partial charge in [0.2, 0.25) is 5.91 Å². The van der Waals surface area contributed by atoms with Crippen molar-refractivity contribution in [2.24, 2.45) is 5.92 Å². The maximum absolute atomic E-state index is 13.8. The Bertz CT molecular complexity index is 593. The van der Waals surface area contributed by atoms with Crippen LogP contribution in [0, 0.1) is 11.7 Å². The number of fused-ring (bicyclic) bond motifs is 1. The first-order valence-electron chi connectivity index (χ1n) is 7.67. The second kappa shape index (κ2) is 5.85. The number of anilines is 1. The number of carbonyl (C=O) groups is 1. The topological polar surface area (TPSA) is 70.6 Å². The Morgan fingerprint density at radius 3 is 3.05 bits per heavy atom. The third-order valence-corrected chi connectivity index (χ3v) is 4.67. The van der Waals surface area contributed by atoms with Gasteiger partial charge in [0.15, 0.2) is 0 Å². The lowest BCUT2D eigenvalue weighted by Crippen LogP contribution is -2.52. The van der Waals surface area contributed by atoms with Gasteiger partial charge in [0.05, 0.1) is 5.69 Å². The van der Waals surface area contributed by atoms with Gasteiger partial charge in [-0.1, -0.05) is 6.92 Å². The Balaban J connectivity index is 1.78. The van der Waals surface area contributed by atoms with Gasteiger partial charge in [0.25, 0.3) is 0 Å². The molecule has 3 rings (SSSR count). The Kier molecular flexibility index (Phi) is 4.06. The van der Waals surface area contributed by atoms with Crippen molar-refractivity contribution in [3.05, 3.63) is 23.5 Å². The lowest BCUT2D eigenvalue weighted by Gasteiger charge is -2.38. The van der Waals surface area contributed by atoms with E-state index in [-0.39, 0.29) is 24.1 Å². The maximum atomic E-state index is 13.8. The number of halogens is 1. The first kappa shape index (κ1) is 15.2. The molecular weight excluding hydrogens is 287 g/mol. The quantitative estimate of drug-likeness (QED) is 0.790. The van der Waals surface area contributed by atoms with Crippen LogP contribution in [0.4, 0.5) is 10.1 Å². The molecule has 2 atom stereocenters. The lowest BCUT2D eigenvalue weighted by atomic mass is 9.84. The number of hydrogen-bond acceptors (Lipinski definition) is 4. The second-order valence-electron chi connectivity index (χ2n) is 6.19. The fourth-order valence-corrected chi connectivity index (χ4v) is 3.04. The summed E-state index contributed by atoms with van der Waals surface area (Å²) < 4.78 is 19.6. The highest BCUT2D eigenvalue weighted by atomic mass is 19.1. The molecule has 0 unspecified atom stereocenters. The van der Waals surface area contributed by atoms with Crippen molar-refractivity contribution in [2.45, 2.75) is 31.8 Å². The molecule has 0 aliphatic carbocycles. The van der Waals surface area contributed by atoms with Crippen LogP contribution in [-0.4, -0.2) is 36.3 Å². The van der Waals surface area contributed by atoms with Crippen LogP contribution in [0.3, 0.4) is 0 Å². The van der Waals surface area contributed by atoms with Crippen LogP contribution in [0.1, 0.15) is 25.3 Å². The zero-order chi connectivity index (χ0) is 15.7. The van der Waals surface area contributed by atoms with Gasteiger partial charge in [-0.25, -0.2) is 4.39 Å². The first-order chi connectivity index (χ1) is 10.5.